The summed E-state index contributed by atoms with van der Waals surface area (Å²) in [5, 5.41) is 4.45. The van der Waals surface area contributed by atoms with Crippen molar-refractivity contribution < 1.29 is 4.79 Å². The third kappa shape index (κ3) is 3.40. The number of carbonyl (C=O) groups is 1. The first-order chi connectivity index (χ1) is 14.5. The molecule has 0 saturated carbocycles. The van der Waals surface area contributed by atoms with Crippen LogP contribution in [0.25, 0.3) is 5.00 Å². The van der Waals surface area contributed by atoms with Gasteiger partial charge in [0.2, 0.25) is 0 Å². The van der Waals surface area contributed by atoms with E-state index >= 15 is 0 Å². The lowest BCUT2D eigenvalue weighted by Crippen LogP contribution is -2.39. The van der Waals surface area contributed by atoms with E-state index in [0.717, 1.165) is 16.6 Å². The summed E-state index contributed by atoms with van der Waals surface area (Å²) in [4.78, 5) is 17.1. The largest absolute Gasteiger partial charge is 0.322 e. The normalized spacial score (nSPS) is 17.9. The van der Waals surface area contributed by atoms with Gasteiger partial charge < -0.3 is 14.8 Å². The molecule has 0 bridgehead atoms. The fourth-order valence-electron chi connectivity index (χ4n) is 4.88. The van der Waals surface area contributed by atoms with Gasteiger partial charge in [0, 0.05) is 32.5 Å². The fourth-order valence-corrected chi connectivity index (χ4v) is 6.69. The molecule has 0 fully saturated rings. The van der Waals surface area contributed by atoms with Gasteiger partial charge >= 0.3 is 6.03 Å². The highest BCUT2D eigenvalue weighted by atomic mass is 79.9. The van der Waals surface area contributed by atoms with Crippen LogP contribution < -0.4 is 5.32 Å². The number of urea groups is 1. The van der Waals surface area contributed by atoms with E-state index in [0.29, 0.717) is 12.5 Å². The number of rotatable bonds is 2. The number of hydrogen-bond donors (Lipinski definition) is 1. The summed E-state index contributed by atoms with van der Waals surface area (Å²) in [7, 11) is 0. The lowest BCUT2D eigenvalue weighted by Gasteiger charge is -2.33. The van der Waals surface area contributed by atoms with Gasteiger partial charge in [0.05, 0.1) is 12.6 Å². The summed E-state index contributed by atoms with van der Waals surface area (Å²) in [5.41, 5.74) is 4.85. The predicted molar refractivity (Wildman–Crippen MR) is 127 cm³/mol. The first kappa shape index (κ1) is 19.9. The number of benzene rings is 1. The Hall–Kier alpha value is -2.05. The summed E-state index contributed by atoms with van der Waals surface area (Å²) in [5.74, 6) is 0.303. The number of nitrogens with zero attached hydrogens (tertiary/aromatic N) is 2. The van der Waals surface area contributed by atoms with E-state index in [4.69, 9.17) is 0 Å². The van der Waals surface area contributed by atoms with Crippen molar-refractivity contribution in [3.8, 4) is 5.00 Å². The molecule has 1 N–H and O–H groups in total. The molecule has 2 aliphatic rings. The zero-order valence-electron chi connectivity index (χ0n) is 17.3. The van der Waals surface area contributed by atoms with Crippen LogP contribution in [0.5, 0.6) is 0 Å². The predicted octanol–water partition coefficient (Wildman–Crippen LogP) is 6.92. The van der Waals surface area contributed by atoms with Gasteiger partial charge in [0.15, 0.2) is 0 Å². The molecule has 1 aliphatic carbocycles. The molecule has 1 unspecified atom stereocenters. The molecule has 2 amide bonds. The van der Waals surface area contributed by atoms with E-state index in [2.05, 4.69) is 58.0 Å². The molecule has 3 heterocycles. The van der Waals surface area contributed by atoms with E-state index in [1.54, 1.807) is 0 Å². The van der Waals surface area contributed by atoms with E-state index in [9.17, 15) is 4.79 Å². The van der Waals surface area contributed by atoms with Crippen LogP contribution in [-0.4, -0.2) is 15.5 Å². The fraction of sp³-hybridized carbons (Fsp3) is 0.375. The first-order valence-corrected chi connectivity index (χ1v) is 12.3. The van der Waals surface area contributed by atoms with Gasteiger partial charge in [-0.3, -0.25) is 0 Å². The van der Waals surface area contributed by atoms with Crippen LogP contribution in [-0.2, 0) is 19.4 Å². The lowest BCUT2D eigenvalue weighted by molar-refractivity contribution is 0.161. The van der Waals surface area contributed by atoms with Gasteiger partial charge in [-0.2, -0.15) is 0 Å². The highest BCUT2D eigenvalue weighted by Crippen LogP contribution is 2.44. The molecule has 2 aromatic heterocycles. The first-order valence-electron chi connectivity index (χ1n) is 10.7. The summed E-state index contributed by atoms with van der Waals surface area (Å²) in [6, 6.07) is 12.1. The van der Waals surface area contributed by atoms with Crippen LogP contribution in [0.1, 0.15) is 54.4 Å². The number of amides is 2. The van der Waals surface area contributed by atoms with Crippen molar-refractivity contribution >= 4 is 39.0 Å². The second-order valence-electron chi connectivity index (χ2n) is 8.55. The number of anilines is 1. The maximum absolute atomic E-state index is 13.6. The topological polar surface area (TPSA) is 37.3 Å². The molecule has 30 heavy (non-hydrogen) atoms. The van der Waals surface area contributed by atoms with E-state index in [-0.39, 0.29) is 12.1 Å². The molecule has 6 heteroatoms. The van der Waals surface area contributed by atoms with Gasteiger partial charge in [0.25, 0.3) is 0 Å². The zero-order chi connectivity index (χ0) is 20.8. The molecule has 1 aliphatic heterocycles. The average Bonchev–Trinajstić information content (AvgIpc) is 3.29. The standard InChI is InChI=1S/C24H26BrN3OS/c1-15(2)22-20-10-6-12-27(20)23-19(18-9-3-4-11-21(18)30-23)14-28(22)24(29)26-17-8-5-7-16(25)13-17/h5-8,10,12-13,15,22H,3-4,9,11,14H2,1-2H3,(H,26,29). The number of halogens is 1. The minimum atomic E-state index is -0.0387. The molecule has 1 aromatic carbocycles. The Labute approximate surface area is 190 Å². The van der Waals surface area contributed by atoms with Gasteiger partial charge in [-0.05, 0) is 67.5 Å². The SMILES string of the molecule is CC(C)C1c2cccn2-c2sc3c(c2CN1C(=O)Nc1cccc(Br)c1)CCCC3. The van der Waals surface area contributed by atoms with Crippen LogP contribution in [0.2, 0.25) is 0 Å². The molecular weight excluding hydrogens is 458 g/mol. The highest BCUT2D eigenvalue weighted by molar-refractivity contribution is 9.10. The van der Waals surface area contributed by atoms with Crippen LogP contribution >= 0.6 is 27.3 Å². The molecule has 5 rings (SSSR count). The molecule has 3 aromatic rings. The van der Waals surface area contributed by atoms with Crippen molar-refractivity contribution in [3.05, 3.63) is 68.8 Å². The summed E-state index contributed by atoms with van der Waals surface area (Å²) < 4.78 is 3.30. The smallest absolute Gasteiger partial charge is 0.311 e. The maximum Gasteiger partial charge on any atom is 0.322 e. The Balaban J connectivity index is 1.59. The maximum atomic E-state index is 13.6. The second kappa shape index (κ2) is 7.89. The van der Waals surface area contributed by atoms with Crippen molar-refractivity contribution in [2.75, 3.05) is 5.32 Å². The number of carbonyl (C=O) groups excluding carboxylic acids is 1. The zero-order valence-corrected chi connectivity index (χ0v) is 19.7. The Morgan fingerprint density at radius 2 is 2.00 bits per heavy atom. The second-order valence-corrected chi connectivity index (χ2v) is 10.6. The quantitative estimate of drug-likeness (QED) is 0.421. The molecule has 1 atom stereocenters. The van der Waals surface area contributed by atoms with Crippen LogP contribution in [0.4, 0.5) is 10.5 Å². The average molecular weight is 484 g/mol. The minimum absolute atomic E-state index is 0.0194. The molecule has 156 valence electrons. The Bertz CT molecular complexity index is 1100. The number of hydrogen-bond acceptors (Lipinski definition) is 2. The number of aryl methyl sites for hydroxylation is 1. The van der Waals surface area contributed by atoms with Crippen molar-refractivity contribution in [2.24, 2.45) is 5.92 Å². The highest BCUT2D eigenvalue weighted by Gasteiger charge is 2.36. The molecular formula is C24H26BrN3OS. The number of aromatic nitrogens is 1. The van der Waals surface area contributed by atoms with Gasteiger partial charge in [-0.1, -0.05) is 35.8 Å². The van der Waals surface area contributed by atoms with Crippen LogP contribution in [0, 0.1) is 5.92 Å². The lowest BCUT2D eigenvalue weighted by atomic mass is 9.94. The Morgan fingerprint density at radius 3 is 2.80 bits per heavy atom. The van der Waals surface area contributed by atoms with Crippen molar-refractivity contribution in [3.63, 3.8) is 0 Å². The summed E-state index contributed by atoms with van der Waals surface area (Å²) in [6.07, 6.45) is 6.98. The molecule has 0 spiro atoms. The van der Waals surface area contributed by atoms with Gasteiger partial charge in [-0.15, -0.1) is 11.3 Å². The van der Waals surface area contributed by atoms with Gasteiger partial charge in [-0.25, -0.2) is 4.79 Å². The van der Waals surface area contributed by atoms with Crippen LogP contribution in [0.15, 0.2) is 47.1 Å². The minimum Gasteiger partial charge on any atom is -0.311 e. The monoisotopic (exact) mass is 483 g/mol. The molecule has 0 saturated heterocycles. The summed E-state index contributed by atoms with van der Waals surface area (Å²) in [6.45, 7) is 5.07. The van der Waals surface area contributed by atoms with E-state index in [1.165, 1.54) is 46.0 Å². The Kier molecular flexibility index (Phi) is 5.23. The van der Waals surface area contributed by atoms with E-state index < -0.39 is 0 Å². The molecule has 4 nitrogen and oxygen atoms in total. The van der Waals surface area contributed by atoms with Crippen LogP contribution in [0.3, 0.4) is 0 Å². The van der Waals surface area contributed by atoms with Crippen molar-refractivity contribution in [1.82, 2.24) is 9.47 Å². The number of nitrogens with one attached hydrogen (secondary N) is 1. The third-order valence-corrected chi connectivity index (χ3v) is 8.02. The molecule has 0 radical (unpaired) electrons. The van der Waals surface area contributed by atoms with Crippen molar-refractivity contribution in [1.29, 1.82) is 0 Å². The summed E-state index contributed by atoms with van der Waals surface area (Å²) >= 11 is 5.43. The Morgan fingerprint density at radius 1 is 1.17 bits per heavy atom. The van der Waals surface area contributed by atoms with Gasteiger partial charge in [0.1, 0.15) is 5.00 Å². The third-order valence-electron chi connectivity index (χ3n) is 6.19. The van der Waals surface area contributed by atoms with E-state index in [1.807, 2.05) is 40.5 Å². The van der Waals surface area contributed by atoms with Crippen molar-refractivity contribution in [2.45, 2.75) is 52.1 Å². The number of fused-ring (bicyclic) bond motifs is 5. The number of thiophene rings is 1.